The number of nitrogens with zero attached hydrogens (tertiary/aromatic N) is 4. The third-order valence-corrected chi connectivity index (χ3v) is 4.83. The predicted molar refractivity (Wildman–Crippen MR) is 126 cm³/mol. The summed E-state index contributed by atoms with van der Waals surface area (Å²) in [6, 6.07) is 20.1. The molecule has 0 spiro atoms. The van der Waals surface area contributed by atoms with Gasteiger partial charge in [-0.1, -0.05) is 12.1 Å². The Labute approximate surface area is 189 Å². The van der Waals surface area contributed by atoms with Crippen LogP contribution in [0.2, 0.25) is 0 Å². The molecule has 0 aliphatic carbocycles. The zero-order valence-electron chi connectivity index (χ0n) is 19.1. The van der Waals surface area contributed by atoms with Gasteiger partial charge in [-0.05, 0) is 76.9 Å². The van der Waals surface area contributed by atoms with Crippen molar-refractivity contribution in [3.63, 3.8) is 0 Å². The number of aryl methyl sites for hydroxylation is 2. The standard InChI is InChI=1S/C26H30N4O2/c1-19(2)31-25-9-5-7-23(17-25)29-15-13-21(27-29)11-12-22-14-16-30(28-22)24-8-6-10-26(18-24)32-20(3)4/h5-10,13-20H,11-12H2,1-4H3. The molecule has 6 nitrogen and oxygen atoms in total. The Balaban J connectivity index is 1.40. The summed E-state index contributed by atoms with van der Waals surface area (Å²) in [7, 11) is 0. The van der Waals surface area contributed by atoms with Crippen molar-refractivity contribution in [2.24, 2.45) is 0 Å². The second-order valence-corrected chi connectivity index (χ2v) is 8.33. The van der Waals surface area contributed by atoms with Crippen molar-refractivity contribution in [3.05, 3.63) is 84.4 Å². The normalized spacial score (nSPS) is 11.3. The molecule has 32 heavy (non-hydrogen) atoms. The van der Waals surface area contributed by atoms with Crippen LogP contribution in [-0.4, -0.2) is 31.8 Å². The van der Waals surface area contributed by atoms with E-state index >= 15 is 0 Å². The monoisotopic (exact) mass is 430 g/mol. The van der Waals surface area contributed by atoms with E-state index in [1.165, 1.54) is 0 Å². The highest BCUT2D eigenvalue weighted by Crippen LogP contribution is 2.19. The van der Waals surface area contributed by atoms with Crippen molar-refractivity contribution < 1.29 is 9.47 Å². The van der Waals surface area contributed by atoms with E-state index in [1.807, 2.05) is 98.0 Å². The van der Waals surface area contributed by atoms with Crippen LogP contribution in [0.3, 0.4) is 0 Å². The van der Waals surface area contributed by atoms with E-state index in [9.17, 15) is 0 Å². The molecule has 6 heteroatoms. The van der Waals surface area contributed by atoms with E-state index in [0.717, 1.165) is 47.1 Å². The Bertz CT molecular complexity index is 1070. The molecular weight excluding hydrogens is 400 g/mol. The lowest BCUT2D eigenvalue weighted by Gasteiger charge is -2.11. The van der Waals surface area contributed by atoms with Crippen LogP contribution in [0.4, 0.5) is 0 Å². The van der Waals surface area contributed by atoms with Crippen LogP contribution in [0.25, 0.3) is 11.4 Å². The van der Waals surface area contributed by atoms with Crippen molar-refractivity contribution >= 4 is 0 Å². The fourth-order valence-electron chi connectivity index (χ4n) is 3.48. The Morgan fingerprint density at radius 3 is 1.50 bits per heavy atom. The van der Waals surface area contributed by atoms with E-state index in [2.05, 4.69) is 12.1 Å². The van der Waals surface area contributed by atoms with E-state index in [1.54, 1.807) is 0 Å². The van der Waals surface area contributed by atoms with Gasteiger partial charge < -0.3 is 9.47 Å². The predicted octanol–water partition coefficient (Wildman–Crippen LogP) is 5.42. The van der Waals surface area contributed by atoms with E-state index < -0.39 is 0 Å². The number of hydrogen-bond acceptors (Lipinski definition) is 4. The maximum Gasteiger partial charge on any atom is 0.121 e. The Morgan fingerprint density at radius 1 is 0.656 bits per heavy atom. The minimum atomic E-state index is 0.142. The van der Waals surface area contributed by atoms with E-state index in [4.69, 9.17) is 19.7 Å². The minimum Gasteiger partial charge on any atom is -0.491 e. The summed E-state index contributed by atoms with van der Waals surface area (Å²) in [6.45, 7) is 8.10. The van der Waals surface area contributed by atoms with Gasteiger partial charge in [-0.25, -0.2) is 9.36 Å². The second kappa shape index (κ2) is 9.73. The van der Waals surface area contributed by atoms with Crippen LogP contribution in [0, 0.1) is 0 Å². The molecule has 0 N–H and O–H groups in total. The van der Waals surface area contributed by atoms with Crippen LogP contribution >= 0.6 is 0 Å². The molecular formula is C26H30N4O2. The molecule has 0 amide bonds. The van der Waals surface area contributed by atoms with Gasteiger partial charge in [0.2, 0.25) is 0 Å². The summed E-state index contributed by atoms with van der Waals surface area (Å²) in [4.78, 5) is 0. The first kappa shape index (κ1) is 21.7. The van der Waals surface area contributed by atoms with Gasteiger partial charge >= 0.3 is 0 Å². The molecule has 0 radical (unpaired) electrons. The van der Waals surface area contributed by atoms with Crippen molar-refractivity contribution in [1.82, 2.24) is 19.6 Å². The van der Waals surface area contributed by atoms with Gasteiger partial charge in [-0.15, -0.1) is 0 Å². The van der Waals surface area contributed by atoms with Crippen molar-refractivity contribution in [2.45, 2.75) is 52.7 Å². The number of hydrogen-bond donors (Lipinski definition) is 0. The van der Waals surface area contributed by atoms with E-state index in [-0.39, 0.29) is 12.2 Å². The van der Waals surface area contributed by atoms with Crippen molar-refractivity contribution in [2.75, 3.05) is 0 Å². The summed E-state index contributed by atoms with van der Waals surface area (Å²) in [5.74, 6) is 1.70. The number of rotatable bonds is 9. The Hall–Kier alpha value is -3.54. The first-order chi connectivity index (χ1) is 15.5. The average molecular weight is 431 g/mol. The van der Waals surface area contributed by atoms with Crippen LogP contribution in [-0.2, 0) is 12.8 Å². The summed E-state index contributed by atoms with van der Waals surface area (Å²) >= 11 is 0. The Kier molecular flexibility index (Phi) is 6.59. The molecule has 4 aromatic rings. The number of ether oxygens (including phenoxy) is 2. The van der Waals surface area contributed by atoms with Crippen molar-refractivity contribution in [3.8, 4) is 22.9 Å². The fourth-order valence-corrected chi connectivity index (χ4v) is 3.48. The Morgan fingerprint density at radius 2 is 1.09 bits per heavy atom. The maximum absolute atomic E-state index is 5.79. The highest BCUT2D eigenvalue weighted by Gasteiger charge is 2.07. The summed E-state index contributed by atoms with van der Waals surface area (Å²) in [5.41, 5.74) is 4.04. The summed E-state index contributed by atoms with van der Waals surface area (Å²) in [5, 5.41) is 9.46. The topological polar surface area (TPSA) is 54.1 Å². The molecule has 0 saturated carbocycles. The zero-order chi connectivity index (χ0) is 22.5. The number of aromatic nitrogens is 4. The molecule has 2 aromatic heterocycles. The van der Waals surface area contributed by atoms with Crippen LogP contribution in [0.1, 0.15) is 39.1 Å². The third kappa shape index (κ3) is 5.58. The molecule has 4 rings (SSSR count). The minimum absolute atomic E-state index is 0.142. The van der Waals surface area contributed by atoms with Gasteiger partial charge in [0.15, 0.2) is 0 Å². The molecule has 0 aliphatic rings. The fraction of sp³-hybridized carbons (Fsp3) is 0.308. The lowest BCUT2D eigenvalue weighted by Crippen LogP contribution is -2.06. The van der Waals surface area contributed by atoms with Crippen LogP contribution in [0.5, 0.6) is 11.5 Å². The van der Waals surface area contributed by atoms with Gasteiger partial charge in [0.25, 0.3) is 0 Å². The molecule has 0 bridgehead atoms. The van der Waals surface area contributed by atoms with Gasteiger partial charge in [-0.2, -0.15) is 10.2 Å². The lowest BCUT2D eigenvalue weighted by atomic mass is 10.2. The van der Waals surface area contributed by atoms with Gasteiger partial charge in [0.1, 0.15) is 11.5 Å². The molecule has 0 atom stereocenters. The molecule has 0 aliphatic heterocycles. The number of benzene rings is 2. The van der Waals surface area contributed by atoms with Gasteiger partial charge in [0, 0.05) is 24.5 Å². The average Bonchev–Trinajstić information content (AvgIpc) is 3.42. The second-order valence-electron chi connectivity index (χ2n) is 8.33. The van der Waals surface area contributed by atoms with E-state index in [0.29, 0.717) is 0 Å². The van der Waals surface area contributed by atoms with Gasteiger partial charge in [-0.3, -0.25) is 0 Å². The lowest BCUT2D eigenvalue weighted by molar-refractivity contribution is 0.242. The first-order valence-corrected chi connectivity index (χ1v) is 11.1. The third-order valence-electron chi connectivity index (χ3n) is 4.83. The summed E-state index contributed by atoms with van der Waals surface area (Å²) < 4.78 is 15.4. The molecule has 2 aromatic carbocycles. The molecule has 0 fully saturated rings. The smallest absolute Gasteiger partial charge is 0.121 e. The molecule has 2 heterocycles. The molecule has 0 saturated heterocycles. The molecule has 0 unspecified atom stereocenters. The zero-order valence-corrected chi connectivity index (χ0v) is 19.1. The maximum atomic E-state index is 5.79. The molecule has 166 valence electrons. The first-order valence-electron chi connectivity index (χ1n) is 11.1. The quantitative estimate of drug-likeness (QED) is 0.356. The highest BCUT2D eigenvalue weighted by atomic mass is 16.5. The SMILES string of the molecule is CC(C)Oc1cccc(-n2ccc(CCc3ccn(-c4cccc(OC(C)C)c4)n3)n2)c1. The van der Waals surface area contributed by atoms with Crippen molar-refractivity contribution in [1.29, 1.82) is 0 Å². The highest BCUT2D eigenvalue weighted by molar-refractivity contribution is 5.40. The van der Waals surface area contributed by atoms with Crippen LogP contribution < -0.4 is 9.47 Å². The van der Waals surface area contributed by atoms with Crippen LogP contribution in [0.15, 0.2) is 73.1 Å². The van der Waals surface area contributed by atoms with Gasteiger partial charge in [0.05, 0.1) is 35.0 Å². The largest absolute Gasteiger partial charge is 0.491 e. The summed E-state index contributed by atoms with van der Waals surface area (Å²) in [6.07, 6.45) is 5.91.